The molecule has 0 atom stereocenters. The molecular formula is C16H12N2O. The van der Waals surface area contributed by atoms with Gasteiger partial charge in [0, 0.05) is 23.5 Å². The van der Waals surface area contributed by atoms with Gasteiger partial charge in [0.15, 0.2) is 5.78 Å². The van der Waals surface area contributed by atoms with E-state index in [1.807, 2.05) is 18.2 Å². The molecule has 1 N–H and O–H groups in total. The highest BCUT2D eigenvalue weighted by Gasteiger charge is 1.98. The highest BCUT2D eigenvalue weighted by molar-refractivity contribution is 6.04. The van der Waals surface area contributed by atoms with Gasteiger partial charge in [0.2, 0.25) is 0 Å². The van der Waals surface area contributed by atoms with Gasteiger partial charge in [-0.25, -0.2) is 0 Å². The Morgan fingerprint density at radius 3 is 2.37 bits per heavy atom. The van der Waals surface area contributed by atoms with E-state index >= 15 is 0 Å². The topological polar surface area (TPSA) is 52.9 Å². The molecule has 0 unspecified atom stereocenters. The SMILES string of the molecule is N#Cc1ccc(NC=CC(=O)c2ccccc2)cc1. The molecule has 3 heteroatoms. The van der Waals surface area contributed by atoms with Gasteiger partial charge in [-0.3, -0.25) is 4.79 Å². The summed E-state index contributed by atoms with van der Waals surface area (Å²) in [5.74, 6) is -0.0539. The number of hydrogen-bond acceptors (Lipinski definition) is 3. The summed E-state index contributed by atoms with van der Waals surface area (Å²) in [4.78, 5) is 11.8. The van der Waals surface area contributed by atoms with Gasteiger partial charge in [-0.1, -0.05) is 30.3 Å². The average molecular weight is 248 g/mol. The number of nitriles is 1. The Labute approximate surface area is 111 Å². The second-order valence-corrected chi connectivity index (χ2v) is 3.90. The number of hydrogen-bond donors (Lipinski definition) is 1. The predicted octanol–water partition coefficient (Wildman–Crippen LogP) is 3.37. The second-order valence-electron chi connectivity index (χ2n) is 3.90. The summed E-state index contributed by atoms with van der Waals surface area (Å²) >= 11 is 0. The Balaban J connectivity index is 1.96. The van der Waals surface area contributed by atoms with E-state index < -0.39 is 0 Å². The summed E-state index contributed by atoms with van der Waals surface area (Å²) in [6, 6.07) is 18.1. The number of allylic oxidation sites excluding steroid dienone is 1. The van der Waals surface area contributed by atoms with E-state index in [9.17, 15) is 4.79 Å². The Bertz CT molecular complexity index is 622. The molecule has 19 heavy (non-hydrogen) atoms. The van der Waals surface area contributed by atoms with Crippen molar-refractivity contribution in [3.05, 3.63) is 78.0 Å². The quantitative estimate of drug-likeness (QED) is 0.666. The van der Waals surface area contributed by atoms with Gasteiger partial charge < -0.3 is 5.32 Å². The van der Waals surface area contributed by atoms with E-state index in [0.717, 1.165) is 5.69 Å². The number of rotatable bonds is 4. The first-order valence-electron chi connectivity index (χ1n) is 5.82. The maximum absolute atomic E-state index is 11.8. The molecule has 2 aromatic rings. The van der Waals surface area contributed by atoms with Crippen LogP contribution < -0.4 is 5.32 Å². The Hall–Kier alpha value is -2.86. The molecule has 0 bridgehead atoms. The first-order valence-corrected chi connectivity index (χ1v) is 5.82. The lowest BCUT2D eigenvalue weighted by atomic mass is 10.1. The number of carbonyl (C=O) groups excluding carboxylic acids is 1. The molecule has 0 aliphatic rings. The van der Waals surface area contributed by atoms with Gasteiger partial charge in [-0.05, 0) is 24.3 Å². The normalized spacial score (nSPS) is 10.1. The van der Waals surface area contributed by atoms with Crippen LogP contribution >= 0.6 is 0 Å². The summed E-state index contributed by atoms with van der Waals surface area (Å²) in [5.41, 5.74) is 2.09. The largest absolute Gasteiger partial charge is 0.362 e. The number of carbonyl (C=O) groups is 1. The molecule has 0 aromatic heterocycles. The van der Waals surface area contributed by atoms with Crippen LogP contribution in [0.1, 0.15) is 15.9 Å². The number of nitrogens with zero attached hydrogens (tertiary/aromatic N) is 1. The molecule has 2 rings (SSSR count). The van der Waals surface area contributed by atoms with Gasteiger partial charge in [0.05, 0.1) is 11.6 Å². The minimum absolute atomic E-state index is 0.0539. The lowest BCUT2D eigenvalue weighted by Gasteiger charge is -2.00. The molecule has 92 valence electrons. The van der Waals surface area contributed by atoms with Crippen LogP contribution in [0, 0.1) is 11.3 Å². The molecular weight excluding hydrogens is 236 g/mol. The highest BCUT2D eigenvalue weighted by atomic mass is 16.1. The van der Waals surface area contributed by atoms with Crippen molar-refractivity contribution in [1.82, 2.24) is 0 Å². The van der Waals surface area contributed by atoms with Crippen molar-refractivity contribution in [3.8, 4) is 6.07 Å². The van der Waals surface area contributed by atoms with Crippen molar-refractivity contribution in [3.63, 3.8) is 0 Å². The Morgan fingerprint density at radius 1 is 1.05 bits per heavy atom. The molecule has 0 radical (unpaired) electrons. The fourth-order valence-electron chi connectivity index (χ4n) is 1.55. The Morgan fingerprint density at radius 2 is 1.74 bits per heavy atom. The van der Waals surface area contributed by atoms with Crippen LogP contribution in [0.3, 0.4) is 0 Å². The van der Waals surface area contributed by atoms with Crippen molar-refractivity contribution in [2.75, 3.05) is 5.32 Å². The van der Waals surface area contributed by atoms with E-state index in [1.165, 1.54) is 6.08 Å². The van der Waals surface area contributed by atoms with E-state index in [0.29, 0.717) is 11.1 Å². The third-order valence-corrected chi connectivity index (χ3v) is 2.56. The molecule has 0 saturated heterocycles. The molecule has 0 saturated carbocycles. The van der Waals surface area contributed by atoms with Crippen molar-refractivity contribution < 1.29 is 4.79 Å². The zero-order chi connectivity index (χ0) is 13.5. The van der Waals surface area contributed by atoms with Crippen molar-refractivity contribution in [2.24, 2.45) is 0 Å². The molecule has 0 amide bonds. The van der Waals surface area contributed by atoms with Crippen molar-refractivity contribution >= 4 is 11.5 Å². The zero-order valence-corrected chi connectivity index (χ0v) is 10.2. The minimum Gasteiger partial charge on any atom is -0.362 e. The third kappa shape index (κ3) is 3.55. The van der Waals surface area contributed by atoms with Crippen molar-refractivity contribution in [1.29, 1.82) is 5.26 Å². The van der Waals surface area contributed by atoms with Crippen LogP contribution in [0.2, 0.25) is 0 Å². The number of nitrogens with one attached hydrogen (secondary N) is 1. The highest BCUT2D eigenvalue weighted by Crippen LogP contribution is 2.08. The van der Waals surface area contributed by atoms with Crippen LogP contribution in [0.4, 0.5) is 5.69 Å². The summed E-state index contributed by atoms with van der Waals surface area (Å²) in [5, 5.41) is 11.7. The Kier molecular flexibility index (Phi) is 4.09. The van der Waals surface area contributed by atoms with Gasteiger partial charge in [0.25, 0.3) is 0 Å². The predicted molar refractivity (Wildman–Crippen MR) is 74.7 cm³/mol. The summed E-state index contributed by atoms with van der Waals surface area (Å²) < 4.78 is 0. The van der Waals surface area contributed by atoms with Gasteiger partial charge in [-0.2, -0.15) is 5.26 Å². The summed E-state index contributed by atoms with van der Waals surface area (Å²) in [7, 11) is 0. The number of benzene rings is 2. The van der Waals surface area contributed by atoms with Gasteiger partial charge in [-0.15, -0.1) is 0 Å². The van der Waals surface area contributed by atoms with Crippen LogP contribution in [0.25, 0.3) is 0 Å². The molecule has 2 aromatic carbocycles. The van der Waals surface area contributed by atoms with Gasteiger partial charge in [0.1, 0.15) is 0 Å². The van der Waals surface area contributed by atoms with Crippen LogP contribution in [-0.2, 0) is 0 Å². The molecule has 0 aliphatic carbocycles. The lowest BCUT2D eigenvalue weighted by molar-refractivity contribution is 0.104. The third-order valence-electron chi connectivity index (χ3n) is 2.56. The van der Waals surface area contributed by atoms with Crippen LogP contribution in [0.5, 0.6) is 0 Å². The van der Waals surface area contributed by atoms with Crippen LogP contribution in [0.15, 0.2) is 66.9 Å². The molecule has 0 spiro atoms. The minimum atomic E-state index is -0.0539. The average Bonchev–Trinajstić information content (AvgIpc) is 2.49. The maximum atomic E-state index is 11.8. The molecule has 0 heterocycles. The fraction of sp³-hybridized carbons (Fsp3) is 0. The standard InChI is InChI=1S/C16H12N2O/c17-12-13-6-8-15(9-7-13)18-11-10-16(19)14-4-2-1-3-5-14/h1-11,18H. The lowest BCUT2D eigenvalue weighted by Crippen LogP contribution is -1.95. The van der Waals surface area contributed by atoms with Gasteiger partial charge >= 0.3 is 0 Å². The van der Waals surface area contributed by atoms with E-state index in [1.54, 1.807) is 42.6 Å². The number of ketones is 1. The zero-order valence-electron chi connectivity index (χ0n) is 10.2. The van der Waals surface area contributed by atoms with Crippen LogP contribution in [-0.4, -0.2) is 5.78 Å². The molecule has 0 fully saturated rings. The maximum Gasteiger partial charge on any atom is 0.187 e. The molecule has 0 aliphatic heterocycles. The van der Waals surface area contributed by atoms with E-state index in [-0.39, 0.29) is 5.78 Å². The fourth-order valence-corrected chi connectivity index (χ4v) is 1.55. The van der Waals surface area contributed by atoms with E-state index in [4.69, 9.17) is 5.26 Å². The van der Waals surface area contributed by atoms with Crippen molar-refractivity contribution in [2.45, 2.75) is 0 Å². The smallest absolute Gasteiger partial charge is 0.187 e. The monoisotopic (exact) mass is 248 g/mol. The second kappa shape index (κ2) is 6.18. The first kappa shape index (κ1) is 12.6. The molecule has 3 nitrogen and oxygen atoms in total. The first-order chi connectivity index (χ1) is 9.29. The summed E-state index contributed by atoms with van der Waals surface area (Å²) in [6.45, 7) is 0. The van der Waals surface area contributed by atoms with E-state index in [2.05, 4.69) is 11.4 Å². The summed E-state index contributed by atoms with van der Waals surface area (Å²) in [6.07, 6.45) is 3.07. The number of anilines is 1.